The molecule has 2 aromatic heterocycles. The Labute approximate surface area is 162 Å². The number of hydrogen-bond donors (Lipinski definition) is 0. The van der Waals surface area contributed by atoms with Gasteiger partial charge in [-0.05, 0) is 62.4 Å². The van der Waals surface area contributed by atoms with E-state index in [1.165, 1.54) is 23.3 Å². The molecule has 0 saturated heterocycles. The molecule has 0 aliphatic rings. The predicted molar refractivity (Wildman–Crippen MR) is 111 cm³/mol. The predicted octanol–water partition coefficient (Wildman–Crippen LogP) is 6.00. The summed E-state index contributed by atoms with van der Waals surface area (Å²) in [4.78, 5) is 4.65. The largest absolute Gasteiger partial charge is 0.255 e. The van der Waals surface area contributed by atoms with E-state index in [2.05, 4.69) is 55.2 Å². The summed E-state index contributed by atoms with van der Waals surface area (Å²) in [6.45, 7) is 4.14. The Morgan fingerprint density at radius 2 is 1.50 bits per heavy atom. The molecule has 3 aromatic carbocycles. The quantitative estimate of drug-likeness (QED) is 0.383. The molecule has 4 heteroatoms. The van der Waals surface area contributed by atoms with Gasteiger partial charge in [0.15, 0.2) is 0 Å². The first kappa shape index (κ1) is 16.6. The van der Waals surface area contributed by atoms with Gasteiger partial charge in [-0.3, -0.25) is 4.98 Å². The van der Waals surface area contributed by atoms with Crippen molar-refractivity contribution in [3.05, 3.63) is 89.9 Å². The number of halogens is 1. The topological polar surface area (TPSA) is 30.7 Å². The maximum absolute atomic E-state index is 13.4. The first-order valence-electron chi connectivity index (χ1n) is 9.21. The molecule has 0 radical (unpaired) electrons. The van der Waals surface area contributed by atoms with Crippen LogP contribution in [0.2, 0.25) is 0 Å². The highest BCUT2D eigenvalue weighted by Crippen LogP contribution is 2.34. The minimum absolute atomic E-state index is 0.259. The number of aryl methyl sites for hydroxylation is 2. The summed E-state index contributed by atoms with van der Waals surface area (Å²) in [5.74, 6) is -0.259. The highest BCUT2D eigenvalue weighted by Gasteiger charge is 2.17. The molecule has 0 fully saturated rings. The van der Waals surface area contributed by atoms with Crippen LogP contribution in [0.15, 0.2) is 72.9 Å². The van der Waals surface area contributed by atoms with E-state index in [4.69, 9.17) is 5.10 Å². The minimum atomic E-state index is -0.259. The van der Waals surface area contributed by atoms with E-state index in [-0.39, 0.29) is 5.82 Å². The van der Waals surface area contributed by atoms with Gasteiger partial charge in [0.25, 0.3) is 0 Å². The highest BCUT2D eigenvalue weighted by molar-refractivity contribution is 6.08. The Hall–Kier alpha value is -3.53. The average molecular weight is 367 g/mol. The zero-order chi connectivity index (χ0) is 19.3. The first-order valence-corrected chi connectivity index (χ1v) is 9.21. The van der Waals surface area contributed by atoms with Crippen molar-refractivity contribution in [2.75, 3.05) is 0 Å². The van der Waals surface area contributed by atoms with E-state index in [9.17, 15) is 4.39 Å². The fourth-order valence-electron chi connectivity index (χ4n) is 3.59. The lowest BCUT2D eigenvalue weighted by molar-refractivity contribution is 0.628. The minimum Gasteiger partial charge on any atom is -0.255 e. The van der Waals surface area contributed by atoms with Gasteiger partial charge in [0, 0.05) is 22.5 Å². The third-order valence-electron chi connectivity index (χ3n) is 5.06. The van der Waals surface area contributed by atoms with E-state index in [1.807, 2.05) is 16.9 Å². The van der Waals surface area contributed by atoms with E-state index in [0.717, 1.165) is 38.8 Å². The van der Waals surface area contributed by atoms with Gasteiger partial charge in [-0.1, -0.05) is 29.3 Å². The van der Waals surface area contributed by atoms with Gasteiger partial charge in [-0.15, -0.1) is 0 Å². The van der Waals surface area contributed by atoms with Gasteiger partial charge < -0.3 is 0 Å². The van der Waals surface area contributed by atoms with E-state index < -0.39 is 0 Å². The maximum atomic E-state index is 13.4. The number of hydrogen-bond acceptors (Lipinski definition) is 2. The van der Waals surface area contributed by atoms with Gasteiger partial charge in [0.1, 0.15) is 11.5 Å². The summed E-state index contributed by atoms with van der Waals surface area (Å²) >= 11 is 0. The molecule has 5 aromatic rings. The number of nitrogens with zero attached hydrogens (tertiary/aromatic N) is 3. The summed E-state index contributed by atoms with van der Waals surface area (Å²) in [5, 5.41) is 6.93. The molecule has 5 rings (SSSR count). The maximum Gasteiger partial charge on any atom is 0.123 e. The average Bonchev–Trinajstić information content (AvgIpc) is 3.09. The van der Waals surface area contributed by atoms with Crippen molar-refractivity contribution in [3.8, 4) is 16.9 Å². The lowest BCUT2D eigenvalue weighted by atomic mass is 10.1. The molecule has 0 bridgehead atoms. The van der Waals surface area contributed by atoms with Crippen LogP contribution in [0.25, 0.3) is 38.8 Å². The summed E-state index contributed by atoms with van der Waals surface area (Å²) < 4.78 is 15.4. The zero-order valence-corrected chi connectivity index (χ0v) is 15.6. The summed E-state index contributed by atoms with van der Waals surface area (Å²) in [5.41, 5.74) is 6.95. The number of pyridine rings is 1. The number of benzene rings is 3. The van der Waals surface area contributed by atoms with Gasteiger partial charge >= 0.3 is 0 Å². The lowest BCUT2D eigenvalue weighted by Gasteiger charge is -2.07. The molecule has 0 amide bonds. The lowest BCUT2D eigenvalue weighted by Crippen LogP contribution is -1.97. The number of aromatic nitrogens is 3. The molecule has 0 atom stereocenters. The zero-order valence-electron chi connectivity index (χ0n) is 15.6. The molecular formula is C24H18FN3. The molecule has 3 nitrogen and oxygen atoms in total. The van der Waals surface area contributed by atoms with Crippen LogP contribution in [0, 0.1) is 19.7 Å². The molecule has 0 N–H and O–H groups in total. The van der Waals surface area contributed by atoms with Crippen LogP contribution >= 0.6 is 0 Å². The van der Waals surface area contributed by atoms with Crippen LogP contribution in [-0.2, 0) is 0 Å². The standard InChI is InChI=1S/C24H18FN3/c1-15-3-10-19(11-4-15)28-24-20-13-16(2)5-12-22(20)26-14-21(24)23(27-28)17-6-8-18(25)9-7-17/h3-14H,1-2H3. The Balaban J connectivity index is 1.90. The SMILES string of the molecule is Cc1ccc(-n2nc(-c3ccc(F)cc3)c3cnc4ccc(C)cc4c32)cc1. The Bertz CT molecular complexity index is 1320. The van der Waals surface area contributed by atoms with Crippen molar-refractivity contribution < 1.29 is 4.39 Å². The Morgan fingerprint density at radius 1 is 0.786 bits per heavy atom. The molecule has 0 aliphatic carbocycles. The molecule has 0 saturated carbocycles. The number of rotatable bonds is 2. The van der Waals surface area contributed by atoms with Crippen LogP contribution in [0.3, 0.4) is 0 Å². The molecule has 0 aliphatic heterocycles. The number of fused-ring (bicyclic) bond motifs is 3. The molecular weight excluding hydrogens is 349 g/mol. The second-order valence-corrected chi connectivity index (χ2v) is 7.14. The molecule has 136 valence electrons. The van der Waals surface area contributed by atoms with Crippen molar-refractivity contribution in [2.24, 2.45) is 0 Å². The van der Waals surface area contributed by atoms with Crippen molar-refractivity contribution in [1.29, 1.82) is 0 Å². The third kappa shape index (κ3) is 2.65. The molecule has 2 heterocycles. The van der Waals surface area contributed by atoms with Gasteiger partial charge in [0.05, 0.1) is 16.7 Å². The fraction of sp³-hybridized carbons (Fsp3) is 0.0833. The fourth-order valence-corrected chi connectivity index (χ4v) is 3.59. The second-order valence-electron chi connectivity index (χ2n) is 7.14. The van der Waals surface area contributed by atoms with Crippen molar-refractivity contribution >= 4 is 21.8 Å². The highest BCUT2D eigenvalue weighted by atomic mass is 19.1. The molecule has 0 unspecified atom stereocenters. The first-order chi connectivity index (χ1) is 13.6. The molecule has 0 spiro atoms. The van der Waals surface area contributed by atoms with Crippen LogP contribution in [0.4, 0.5) is 4.39 Å². The Morgan fingerprint density at radius 3 is 2.25 bits per heavy atom. The van der Waals surface area contributed by atoms with Gasteiger partial charge in [-0.2, -0.15) is 5.10 Å². The van der Waals surface area contributed by atoms with Crippen LogP contribution in [0.5, 0.6) is 0 Å². The normalized spacial score (nSPS) is 11.4. The van der Waals surface area contributed by atoms with Crippen LogP contribution in [0.1, 0.15) is 11.1 Å². The van der Waals surface area contributed by atoms with E-state index in [1.54, 1.807) is 12.1 Å². The molecule has 28 heavy (non-hydrogen) atoms. The summed E-state index contributed by atoms with van der Waals surface area (Å²) in [7, 11) is 0. The van der Waals surface area contributed by atoms with Crippen molar-refractivity contribution in [3.63, 3.8) is 0 Å². The second kappa shape index (κ2) is 6.27. The smallest absolute Gasteiger partial charge is 0.123 e. The monoisotopic (exact) mass is 367 g/mol. The summed E-state index contributed by atoms with van der Waals surface area (Å²) in [6.07, 6.45) is 1.86. The van der Waals surface area contributed by atoms with Crippen molar-refractivity contribution in [1.82, 2.24) is 14.8 Å². The van der Waals surface area contributed by atoms with Crippen molar-refractivity contribution in [2.45, 2.75) is 13.8 Å². The van der Waals surface area contributed by atoms with E-state index in [0.29, 0.717) is 0 Å². The van der Waals surface area contributed by atoms with Gasteiger partial charge in [-0.25, -0.2) is 9.07 Å². The Kier molecular flexibility index (Phi) is 3.72. The third-order valence-corrected chi connectivity index (χ3v) is 5.06. The summed E-state index contributed by atoms with van der Waals surface area (Å²) in [6, 6.07) is 21.0. The van der Waals surface area contributed by atoms with Gasteiger partial charge in [0.2, 0.25) is 0 Å². The van der Waals surface area contributed by atoms with Crippen LogP contribution in [-0.4, -0.2) is 14.8 Å². The van der Waals surface area contributed by atoms with E-state index >= 15 is 0 Å². The van der Waals surface area contributed by atoms with Crippen LogP contribution < -0.4 is 0 Å².